The van der Waals surface area contributed by atoms with Gasteiger partial charge in [0, 0.05) is 15.2 Å². The summed E-state index contributed by atoms with van der Waals surface area (Å²) in [6.07, 6.45) is 2.65. The SMILES string of the molecule is CC(C1CC1)N(C)CC(=O)c1ccc(I)cc1. The number of carbonyl (C=O) groups is 1. The third-order valence-electron chi connectivity index (χ3n) is 3.56. The summed E-state index contributed by atoms with van der Waals surface area (Å²) in [5.41, 5.74) is 0.820. The summed E-state index contributed by atoms with van der Waals surface area (Å²) in [5.74, 6) is 1.03. The number of hydrogen-bond acceptors (Lipinski definition) is 2. The van der Waals surface area contributed by atoms with Crippen LogP contribution in [-0.4, -0.2) is 30.3 Å². The quantitative estimate of drug-likeness (QED) is 0.605. The molecule has 0 radical (unpaired) electrons. The molecule has 2 rings (SSSR count). The molecule has 2 nitrogen and oxygen atoms in total. The molecule has 0 amide bonds. The van der Waals surface area contributed by atoms with Crippen molar-refractivity contribution in [2.45, 2.75) is 25.8 Å². The Morgan fingerprint density at radius 3 is 2.53 bits per heavy atom. The van der Waals surface area contributed by atoms with Crippen LogP contribution in [0.4, 0.5) is 0 Å². The number of likely N-dealkylation sites (N-methyl/N-ethyl adjacent to an activating group) is 1. The third kappa shape index (κ3) is 3.52. The van der Waals surface area contributed by atoms with E-state index in [0.29, 0.717) is 12.6 Å². The van der Waals surface area contributed by atoms with Crippen LogP contribution in [0, 0.1) is 9.49 Å². The maximum Gasteiger partial charge on any atom is 0.176 e. The Hall–Kier alpha value is -0.420. The van der Waals surface area contributed by atoms with Gasteiger partial charge in [0.05, 0.1) is 6.54 Å². The van der Waals surface area contributed by atoms with Crippen LogP contribution in [-0.2, 0) is 0 Å². The van der Waals surface area contributed by atoms with Crippen molar-refractivity contribution in [2.24, 2.45) is 5.92 Å². The van der Waals surface area contributed by atoms with Crippen molar-refractivity contribution in [1.29, 1.82) is 0 Å². The molecule has 1 aromatic rings. The molecule has 1 fully saturated rings. The lowest BCUT2D eigenvalue weighted by atomic mass is 10.1. The van der Waals surface area contributed by atoms with E-state index in [1.54, 1.807) is 0 Å². The van der Waals surface area contributed by atoms with Gasteiger partial charge in [0.25, 0.3) is 0 Å². The van der Waals surface area contributed by atoms with Crippen molar-refractivity contribution < 1.29 is 4.79 Å². The van der Waals surface area contributed by atoms with Gasteiger partial charge in [0.15, 0.2) is 5.78 Å². The molecule has 0 spiro atoms. The Labute approximate surface area is 117 Å². The van der Waals surface area contributed by atoms with Gasteiger partial charge in [-0.1, -0.05) is 12.1 Å². The van der Waals surface area contributed by atoms with E-state index < -0.39 is 0 Å². The van der Waals surface area contributed by atoms with Gasteiger partial charge in [-0.2, -0.15) is 0 Å². The molecule has 1 aromatic carbocycles. The van der Waals surface area contributed by atoms with Crippen LogP contribution in [0.3, 0.4) is 0 Å². The topological polar surface area (TPSA) is 20.3 Å². The van der Waals surface area contributed by atoms with Gasteiger partial charge in [-0.05, 0) is 67.5 Å². The Balaban J connectivity index is 1.93. The first-order valence-corrected chi connectivity index (χ1v) is 7.15. The summed E-state index contributed by atoms with van der Waals surface area (Å²) in [4.78, 5) is 14.2. The van der Waals surface area contributed by atoms with E-state index in [1.165, 1.54) is 16.4 Å². The van der Waals surface area contributed by atoms with Crippen molar-refractivity contribution in [2.75, 3.05) is 13.6 Å². The highest BCUT2D eigenvalue weighted by Gasteiger charge is 2.31. The summed E-state index contributed by atoms with van der Waals surface area (Å²) in [7, 11) is 2.05. The van der Waals surface area contributed by atoms with E-state index >= 15 is 0 Å². The summed E-state index contributed by atoms with van der Waals surface area (Å²) in [6, 6.07) is 8.33. The minimum atomic E-state index is 0.219. The van der Waals surface area contributed by atoms with Crippen molar-refractivity contribution in [3.63, 3.8) is 0 Å². The van der Waals surface area contributed by atoms with Crippen molar-refractivity contribution in [3.8, 4) is 0 Å². The first-order chi connectivity index (χ1) is 8.08. The molecule has 1 saturated carbocycles. The van der Waals surface area contributed by atoms with Gasteiger partial charge < -0.3 is 0 Å². The molecule has 0 heterocycles. The molecule has 1 atom stereocenters. The van der Waals surface area contributed by atoms with E-state index in [4.69, 9.17) is 0 Å². The molecular weight excluding hydrogens is 325 g/mol. The highest BCUT2D eigenvalue weighted by atomic mass is 127. The lowest BCUT2D eigenvalue weighted by Gasteiger charge is -2.23. The average molecular weight is 343 g/mol. The number of Topliss-reactive ketones (excluding diaryl/α,β-unsaturated/α-hetero) is 1. The second kappa shape index (κ2) is 5.48. The van der Waals surface area contributed by atoms with E-state index in [0.717, 1.165) is 11.5 Å². The van der Waals surface area contributed by atoms with Crippen LogP contribution in [0.5, 0.6) is 0 Å². The molecule has 17 heavy (non-hydrogen) atoms. The van der Waals surface area contributed by atoms with Crippen molar-refractivity contribution in [3.05, 3.63) is 33.4 Å². The second-order valence-corrected chi connectivity index (χ2v) is 6.17. The molecule has 0 saturated heterocycles. The summed E-state index contributed by atoms with van der Waals surface area (Å²) in [6.45, 7) is 2.75. The van der Waals surface area contributed by atoms with E-state index in [9.17, 15) is 4.79 Å². The lowest BCUT2D eigenvalue weighted by Crippen LogP contribution is -2.35. The minimum Gasteiger partial charge on any atom is -0.296 e. The van der Waals surface area contributed by atoms with Gasteiger partial charge in [-0.3, -0.25) is 9.69 Å². The lowest BCUT2D eigenvalue weighted by molar-refractivity contribution is 0.0917. The van der Waals surface area contributed by atoms with Crippen LogP contribution < -0.4 is 0 Å². The van der Waals surface area contributed by atoms with Crippen LogP contribution >= 0.6 is 22.6 Å². The van der Waals surface area contributed by atoms with Crippen LogP contribution in [0.25, 0.3) is 0 Å². The fourth-order valence-corrected chi connectivity index (χ4v) is 2.40. The molecular formula is C14H18INO. The zero-order chi connectivity index (χ0) is 12.4. The molecule has 0 aliphatic heterocycles. The monoisotopic (exact) mass is 343 g/mol. The van der Waals surface area contributed by atoms with Gasteiger partial charge in [0.1, 0.15) is 0 Å². The number of ketones is 1. The van der Waals surface area contributed by atoms with E-state index in [1.807, 2.05) is 31.3 Å². The van der Waals surface area contributed by atoms with Crippen molar-refractivity contribution >= 4 is 28.4 Å². The highest BCUT2D eigenvalue weighted by Crippen LogP contribution is 2.34. The van der Waals surface area contributed by atoms with Gasteiger partial charge in [-0.25, -0.2) is 0 Å². The van der Waals surface area contributed by atoms with Crippen LogP contribution in [0.2, 0.25) is 0 Å². The smallest absolute Gasteiger partial charge is 0.176 e. The fraction of sp³-hybridized carbons (Fsp3) is 0.500. The maximum atomic E-state index is 12.1. The summed E-state index contributed by atoms with van der Waals surface area (Å²) < 4.78 is 1.17. The predicted octanol–water partition coefficient (Wildman–Crippen LogP) is 3.20. The Bertz CT molecular complexity index is 397. The van der Waals surface area contributed by atoms with E-state index in [2.05, 4.69) is 34.4 Å². The predicted molar refractivity (Wildman–Crippen MR) is 78.3 cm³/mol. The van der Waals surface area contributed by atoms with Gasteiger partial charge in [0.2, 0.25) is 0 Å². The standard InChI is InChI=1S/C14H18INO/c1-10(11-3-4-11)16(2)9-14(17)12-5-7-13(15)8-6-12/h5-8,10-11H,3-4,9H2,1-2H3. The molecule has 3 heteroatoms. The molecule has 0 bridgehead atoms. The third-order valence-corrected chi connectivity index (χ3v) is 4.28. The van der Waals surface area contributed by atoms with Crippen LogP contribution in [0.15, 0.2) is 24.3 Å². The zero-order valence-electron chi connectivity index (χ0n) is 10.3. The summed E-state index contributed by atoms with van der Waals surface area (Å²) in [5, 5.41) is 0. The Kier molecular flexibility index (Phi) is 4.20. The van der Waals surface area contributed by atoms with Gasteiger partial charge >= 0.3 is 0 Å². The molecule has 1 unspecified atom stereocenters. The van der Waals surface area contributed by atoms with Gasteiger partial charge in [-0.15, -0.1) is 0 Å². The number of carbonyl (C=O) groups excluding carboxylic acids is 1. The number of hydrogen-bond donors (Lipinski definition) is 0. The number of nitrogens with zero attached hydrogens (tertiary/aromatic N) is 1. The average Bonchev–Trinajstić information content (AvgIpc) is 3.12. The molecule has 1 aliphatic carbocycles. The zero-order valence-corrected chi connectivity index (χ0v) is 12.5. The molecule has 0 N–H and O–H groups in total. The normalized spacial score (nSPS) is 17.2. The fourth-order valence-electron chi connectivity index (χ4n) is 2.04. The first kappa shape index (κ1) is 13.0. The minimum absolute atomic E-state index is 0.219. The maximum absolute atomic E-state index is 12.1. The second-order valence-electron chi connectivity index (χ2n) is 4.92. The number of halogens is 1. The summed E-state index contributed by atoms with van der Waals surface area (Å²) >= 11 is 2.25. The molecule has 0 aromatic heterocycles. The van der Waals surface area contributed by atoms with E-state index in [-0.39, 0.29) is 5.78 Å². The molecule has 92 valence electrons. The Morgan fingerprint density at radius 2 is 2.00 bits per heavy atom. The number of benzene rings is 1. The Morgan fingerprint density at radius 1 is 1.41 bits per heavy atom. The largest absolute Gasteiger partial charge is 0.296 e. The van der Waals surface area contributed by atoms with Crippen molar-refractivity contribution in [1.82, 2.24) is 4.90 Å². The number of rotatable bonds is 5. The highest BCUT2D eigenvalue weighted by molar-refractivity contribution is 14.1. The first-order valence-electron chi connectivity index (χ1n) is 6.07. The molecule has 1 aliphatic rings. The van der Waals surface area contributed by atoms with Crippen LogP contribution in [0.1, 0.15) is 30.1 Å².